The zero-order valence-corrected chi connectivity index (χ0v) is 14.3. The summed E-state index contributed by atoms with van der Waals surface area (Å²) in [5.41, 5.74) is 1.62. The number of methoxy groups -OCH3 is 1. The number of rotatable bonds is 6. The molecule has 0 radical (unpaired) electrons. The van der Waals surface area contributed by atoms with E-state index in [2.05, 4.69) is 15.3 Å². The van der Waals surface area contributed by atoms with Crippen LogP contribution in [0.1, 0.15) is 15.9 Å². The zero-order valence-electron chi connectivity index (χ0n) is 14.3. The van der Waals surface area contributed by atoms with Crippen molar-refractivity contribution in [1.82, 2.24) is 14.9 Å². The Hall–Kier alpha value is -2.67. The summed E-state index contributed by atoms with van der Waals surface area (Å²) in [6.07, 6.45) is 3.92. The highest BCUT2D eigenvalue weighted by atomic mass is 16.5. The fourth-order valence-electron chi connectivity index (χ4n) is 2.70. The summed E-state index contributed by atoms with van der Waals surface area (Å²) in [7, 11) is 1.67. The highest BCUT2D eigenvalue weighted by Gasteiger charge is 2.19. The van der Waals surface area contributed by atoms with Crippen molar-refractivity contribution in [2.24, 2.45) is 0 Å². The number of hydrogen-bond donors (Lipinski definition) is 1. The Morgan fingerprint density at radius 1 is 1.24 bits per heavy atom. The van der Waals surface area contributed by atoms with E-state index in [0.717, 1.165) is 17.7 Å². The van der Waals surface area contributed by atoms with Gasteiger partial charge in [0.15, 0.2) is 0 Å². The van der Waals surface area contributed by atoms with Crippen LogP contribution in [-0.4, -0.2) is 60.7 Å². The number of aromatic nitrogens is 2. The Kier molecular flexibility index (Phi) is 5.79. The first-order valence-corrected chi connectivity index (χ1v) is 8.33. The van der Waals surface area contributed by atoms with E-state index in [1.54, 1.807) is 24.4 Å². The molecule has 7 heteroatoms. The Bertz CT molecular complexity index is 700. The van der Waals surface area contributed by atoms with Crippen molar-refractivity contribution in [1.29, 1.82) is 0 Å². The number of carbonyl (C=O) groups is 1. The zero-order chi connectivity index (χ0) is 17.5. The van der Waals surface area contributed by atoms with E-state index in [-0.39, 0.29) is 5.91 Å². The predicted octanol–water partition coefficient (Wildman–Crippen LogP) is 1.61. The molecular formula is C18H22N4O3. The maximum atomic E-state index is 12.3. The van der Waals surface area contributed by atoms with Gasteiger partial charge in [0.05, 0.1) is 25.9 Å². The van der Waals surface area contributed by atoms with E-state index in [1.807, 2.05) is 24.3 Å². The van der Waals surface area contributed by atoms with Crippen LogP contribution in [0.15, 0.2) is 36.7 Å². The molecule has 25 heavy (non-hydrogen) atoms. The third-order valence-corrected chi connectivity index (χ3v) is 4.07. The minimum Gasteiger partial charge on any atom is -0.496 e. The molecule has 0 saturated carbocycles. The van der Waals surface area contributed by atoms with Crippen LogP contribution in [0.3, 0.4) is 0 Å². The molecule has 0 bridgehead atoms. The van der Waals surface area contributed by atoms with Gasteiger partial charge in [0, 0.05) is 32.0 Å². The molecule has 1 aromatic heterocycles. The topological polar surface area (TPSA) is 76.6 Å². The second-order valence-corrected chi connectivity index (χ2v) is 5.69. The lowest BCUT2D eigenvalue weighted by molar-refractivity contribution is 0.0302. The SMILES string of the molecule is COc1ccccc1CCNc1ncc(C(=O)N2CCOCC2)cn1. The number of nitrogens with one attached hydrogen (secondary N) is 1. The average Bonchev–Trinajstić information content (AvgIpc) is 2.69. The van der Waals surface area contributed by atoms with Gasteiger partial charge < -0.3 is 19.7 Å². The Morgan fingerprint density at radius 2 is 1.96 bits per heavy atom. The van der Waals surface area contributed by atoms with Crippen molar-refractivity contribution < 1.29 is 14.3 Å². The fraction of sp³-hybridized carbons (Fsp3) is 0.389. The van der Waals surface area contributed by atoms with Gasteiger partial charge in [-0.2, -0.15) is 0 Å². The van der Waals surface area contributed by atoms with Crippen LogP contribution >= 0.6 is 0 Å². The molecule has 0 unspecified atom stereocenters. The normalized spacial score (nSPS) is 14.2. The number of amides is 1. The first-order valence-electron chi connectivity index (χ1n) is 8.33. The molecule has 0 spiro atoms. The first kappa shape index (κ1) is 17.2. The summed E-state index contributed by atoms with van der Waals surface area (Å²) in [6.45, 7) is 3.05. The van der Waals surface area contributed by atoms with Crippen molar-refractivity contribution >= 4 is 11.9 Å². The summed E-state index contributed by atoms with van der Waals surface area (Å²) in [5.74, 6) is 1.33. The number of anilines is 1. The lowest BCUT2D eigenvalue weighted by Gasteiger charge is -2.26. The number of para-hydroxylation sites is 1. The summed E-state index contributed by atoms with van der Waals surface area (Å²) in [4.78, 5) is 22.6. The molecule has 0 atom stereocenters. The van der Waals surface area contributed by atoms with E-state index in [9.17, 15) is 4.79 Å². The van der Waals surface area contributed by atoms with Crippen LogP contribution in [0.5, 0.6) is 5.75 Å². The minimum atomic E-state index is -0.0520. The molecule has 132 valence electrons. The molecule has 2 heterocycles. The van der Waals surface area contributed by atoms with Crippen LogP contribution in [0.4, 0.5) is 5.95 Å². The molecule has 1 saturated heterocycles. The van der Waals surface area contributed by atoms with Crippen molar-refractivity contribution in [2.45, 2.75) is 6.42 Å². The van der Waals surface area contributed by atoms with Crippen molar-refractivity contribution in [3.8, 4) is 5.75 Å². The van der Waals surface area contributed by atoms with Gasteiger partial charge in [-0.3, -0.25) is 4.79 Å². The largest absolute Gasteiger partial charge is 0.496 e. The fourth-order valence-corrected chi connectivity index (χ4v) is 2.70. The number of ether oxygens (including phenoxy) is 2. The van der Waals surface area contributed by atoms with E-state index < -0.39 is 0 Å². The molecule has 2 aromatic rings. The quantitative estimate of drug-likeness (QED) is 0.859. The van der Waals surface area contributed by atoms with E-state index in [0.29, 0.717) is 44.4 Å². The van der Waals surface area contributed by atoms with Crippen LogP contribution in [0.2, 0.25) is 0 Å². The highest BCUT2D eigenvalue weighted by molar-refractivity contribution is 5.93. The summed E-state index contributed by atoms with van der Waals surface area (Å²) in [5, 5.41) is 3.17. The third-order valence-electron chi connectivity index (χ3n) is 4.07. The second-order valence-electron chi connectivity index (χ2n) is 5.69. The Morgan fingerprint density at radius 3 is 2.68 bits per heavy atom. The number of benzene rings is 1. The number of morpholine rings is 1. The number of hydrogen-bond acceptors (Lipinski definition) is 6. The molecular weight excluding hydrogens is 320 g/mol. The van der Waals surface area contributed by atoms with E-state index in [1.165, 1.54) is 0 Å². The van der Waals surface area contributed by atoms with Gasteiger partial charge in [-0.15, -0.1) is 0 Å². The number of carbonyl (C=O) groups excluding carboxylic acids is 1. The Balaban J connectivity index is 1.53. The highest BCUT2D eigenvalue weighted by Crippen LogP contribution is 2.17. The van der Waals surface area contributed by atoms with Gasteiger partial charge in [0.1, 0.15) is 5.75 Å². The van der Waals surface area contributed by atoms with E-state index >= 15 is 0 Å². The van der Waals surface area contributed by atoms with Crippen molar-refractivity contribution in [3.63, 3.8) is 0 Å². The van der Waals surface area contributed by atoms with E-state index in [4.69, 9.17) is 9.47 Å². The molecule has 1 aliphatic heterocycles. The third kappa shape index (κ3) is 4.45. The van der Waals surface area contributed by atoms with Gasteiger partial charge in [0.25, 0.3) is 5.91 Å². The van der Waals surface area contributed by atoms with Gasteiger partial charge in [0.2, 0.25) is 5.95 Å². The van der Waals surface area contributed by atoms with Gasteiger partial charge >= 0.3 is 0 Å². The molecule has 1 aliphatic rings. The molecule has 1 fully saturated rings. The molecule has 1 amide bonds. The van der Waals surface area contributed by atoms with Crippen molar-refractivity contribution in [3.05, 3.63) is 47.8 Å². The maximum Gasteiger partial charge on any atom is 0.257 e. The van der Waals surface area contributed by atoms with Crippen LogP contribution in [0, 0.1) is 0 Å². The monoisotopic (exact) mass is 342 g/mol. The lowest BCUT2D eigenvalue weighted by atomic mass is 10.1. The number of nitrogens with zero attached hydrogens (tertiary/aromatic N) is 3. The van der Waals surface area contributed by atoms with Crippen LogP contribution in [0.25, 0.3) is 0 Å². The molecule has 1 N–H and O–H groups in total. The van der Waals surface area contributed by atoms with Gasteiger partial charge in [-0.25, -0.2) is 9.97 Å². The maximum absolute atomic E-state index is 12.3. The summed E-state index contributed by atoms with van der Waals surface area (Å²) < 4.78 is 10.6. The predicted molar refractivity (Wildman–Crippen MR) is 93.9 cm³/mol. The minimum absolute atomic E-state index is 0.0520. The van der Waals surface area contributed by atoms with Crippen LogP contribution < -0.4 is 10.1 Å². The van der Waals surface area contributed by atoms with Crippen molar-refractivity contribution in [2.75, 3.05) is 45.3 Å². The Labute approximate surface area is 147 Å². The molecule has 1 aromatic carbocycles. The summed E-state index contributed by atoms with van der Waals surface area (Å²) in [6, 6.07) is 7.91. The summed E-state index contributed by atoms with van der Waals surface area (Å²) >= 11 is 0. The van der Waals surface area contributed by atoms with Crippen LogP contribution in [-0.2, 0) is 11.2 Å². The molecule has 7 nitrogen and oxygen atoms in total. The van der Waals surface area contributed by atoms with Gasteiger partial charge in [-0.05, 0) is 18.1 Å². The lowest BCUT2D eigenvalue weighted by Crippen LogP contribution is -2.40. The average molecular weight is 342 g/mol. The first-order chi connectivity index (χ1) is 12.3. The van der Waals surface area contributed by atoms with Gasteiger partial charge in [-0.1, -0.05) is 18.2 Å². The second kappa shape index (κ2) is 8.43. The smallest absolute Gasteiger partial charge is 0.257 e. The molecule has 3 rings (SSSR count). The molecule has 0 aliphatic carbocycles. The standard InChI is InChI=1S/C18H22N4O3/c1-24-16-5-3-2-4-14(16)6-7-19-18-20-12-15(13-21-18)17(23)22-8-10-25-11-9-22/h2-5,12-13H,6-11H2,1H3,(H,19,20,21).